The molecule has 2 unspecified atom stereocenters. The van der Waals surface area contributed by atoms with E-state index >= 15 is 0 Å². The maximum atomic E-state index is 13.0. The van der Waals surface area contributed by atoms with Crippen LogP contribution >= 0.6 is 0 Å². The fourth-order valence-electron chi connectivity index (χ4n) is 3.00. The quantitative estimate of drug-likeness (QED) is 0.299. The Labute approximate surface area is 187 Å². The molecule has 33 heavy (non-hydrogen) atoms. The molecular formula is C22H26F6N2O3. The van der Waals surface area contributed by atoms with Gasteiger partial charge in [0.15, 0.2) is 5.43 Å². The summed E-state index contributed by atoms with van der Waals surface area (Å²) in [5, 5.41) is 0. The lowest BCUT2D eigenvalue weighted by Crippen LogP contribution is -2.32. The van der Waals surface area contributed by atoms with Crippen molar-refractivity contribution in [2.45, 2.75) is 59.7 Å². The highest BCUT2D eigenvalue weighted by Gasteiger charge is 2.37. The largest absolute Gasteiger partial charge is 0.490 e. The van der Waals surface area contributed by atoms with Gasteiger partial charge >= 0.3 is 12.4 Å². The summed E-state index contributed by atoms with van der Waals surface area (Å²) in [5.74, 6) is -0.886. The van der Waals surface area contributed by atoms with Crippen molar-refractivity contribution in [2.24, 2.45) is 5.92 Å². The Morgan fingerprint density at radius 2 is 1.48 bits per heavy atom. The average molecular weight is 480 g/mol. The van der Waals surface area contributed by atoms with Gasteiger partial charge in [0, 0.05) is 35.0 Å². The predicted octanol–water partition coefficient (Wildman–Crippen LogP) is 5.46. The van der Waals surface area contributed by atoms with Crippen molar-refractivity contribution < 1.29 is 35.9 Å². The maximum Gasteiger partial charge on any atom is 0.416 e. The molecule has 0 amide bonds. The highest BCUT2D eigenvalue weighted by atomic mass is 19.4. The van der Waals surface area contributed by atoms with Gasteiger partial charge in [-0.15, -0.1) is 0 Å². The molecule has 1 aromatic carbocycles. The van der Waals surface area contributed by atoms with Gasteiger partial charge < -0.3 is 9.72 Å². The van der Waals surface area contributed by atoms with Crippen LogP contribution in [-0.2, 0) is 23.8 Å². The molecule has 0 spiro atoms. The Bertz CT molecular complexity index is 998. The zero-order valence-corrected chi connectivity index (χ0v) is 18.8. The maximum absolute atomic E-state index is 13.0. The van der Waals surface area contributed by atoms with E-state index in [0.29, 0.717) is 29.0 Å². The molecule has 184 valence electrons. The van der Waals surface area contributed by atoms with Crippen LogP contribution in [0.1, 0.15) is 47.5 Å². The van der Waals surface area contributed by atoms with E-state index < -0.39 is 35.3 Å². The molecule has 2 rings (SSSR count). The van der Waals surface area contributed by atoms with Crippen LogP contribution in [0, 0.1) is 26.7 Å². The number of halogens is 6. The molecule has 1 heterocycles. The minimum absolute atomic E-state index is 0.0210. The van der Waals surface area contributed by atoms with E-state index in [1.807, 2.05) is 0 Å². The van der Waals surface area contributed by atoms with Gasteiger partial charge in [0.1, 0.15) is 5.75 Å². The first-order valence-electron chi connectivity index (χ1n) is 10.1. The van der Waals surface area contributed by atoms with Crippen LogP contribution in [0.3, 0.4) is 0 Å². The van der Waals surface area contributed by atoms with Gasteiger partial charge in [0.05, 0.1) is 23.8 Å². The van der Waals surface area contributed by atoms with Crippen LogP contribution in [0.15, 0.2) is 23.0 Å². The number of H-pyrrole nitrogens is 1. The molecule has 0 bridgehead atoms. The fraction of sp³-hybridized carbons (Fsp3) is 0.500. The molecule has 0 aliphatic carbocycles. The minimum atomic E-state index is -4.95. The van der Waals surface area contributed by atoms with Crippen LogP contribution in [0.25, 0.3) is 0 Å². The number of hydroxylamine groups is 1. The van der Waals surface area contributed by atoms with Gasteiger partial charge in [-0.05, 0) is 45.9 Å². The third-order valence-electron chi connectivity index (χ3n) is 5.41. The van der Waals surface area contributed by atoms with Crippen molar-refractivity contribution >= 4 is 0 Å². The Morgan fingerprint density at radius 1 is 0.939 bits per heavy atom. The number of rotatable bonds is 8. The number of aryl methyl sites for hydroxylation is 2. The second-order valence-corrected chi connectivity index (χ2v) is 7.99. The highest BCUT2D eigenvalue weighted by Crippen LogP contribution is 2.38. The van der Waals surface area contributed by atoms with Gasteiger partial charge in [-0.1, -0.05) is 6.92 Å². The fourth-order valence-corrected chi connectivity index (χ4v) is 3.00. The molecule has 2 atom stereocenters. The molecule has 2 N–H and O–H groups in total. The van der Waals surface area contributed by atoms with Crippen molar-refractivity contribution in [1.29, 1.82) is 0 Å². The lowest BCUT2D eigenvalue weighted by molar-refractivity contribution is -0.143. The first kappa shape index (κ1) is 26.7. The third kappa shape index (κ3) is 6.97. The summed E-state index contributed by atoms with van der Waals surface area (Å²) < 4.78 is 83.4. The van der Waals surface area contributed by atoms with Gasteiger partial charge in [0.2, 0.25) is 0 Å². The summed E-state index contributed by atoms with van der Waals surface area (Å²) in [6.45, 7) is 8.60. The van der Waals surface area contributed by atoms with Crippen LogP contribution in [-0.4, -0.2) is 17.6 Å². The summed E-state index contributed by atoms with van der Waals surface area (Å²) in [7, 11) is 0. The number of hydrogen-bond donors (Lipinski definition) is 2. The lowest BCUT2D eigenvalue weighted by Gasteiger charge is -2.23. The monoisotopic (exact) mass is 480 g/mol. The summed E-state index contributed by atoms with van der Waals surface area (Å²) in [4.78, 5) is 20.8. The number of nitrogens with one attached hydrogen (secondary N) is 2. The smallest absolute Gasteiger partial charge is 0.416 e. The van der Waals surface area contributed by atoms with Gasteiger partial charge in [-0.25, -0.2) is 5.48 Å². The summed E-state index contributed by atoms with van der Waals surface area (Å²) in [6.07, 6.45) is -10.6. The van der Waals surface area contributed by atoms with E-state index in [9.17, 15) is 31.1 Å². The van der Waals surface area contributed by atoms with Crippen molar-refractivity contribution in [3.8, 4) is 5.75 Å². The molecule has 11 heteroatoms. The number of aromatic amines is 1. The molecule has 0 saturated heterocycles. The molecule has 0 fully saturated rings. The Hall–Kier alpha value is -2.53. The topological polar surface area (TPSA) is 63.4 Å². The van der Waals surface area contributed by atoms with Crippen molar-refractivity contribution in [3.05, 3.63) is 62.1 Å². The van der Waals surface area contributed by atoms with Crippen LogP contribution < -0.4 is 15.6 Å². The lowest BCUT2D eigenvalue weighted by atomic mass is 10.1. The van der Waals surface area contributed by atoms with Crippen molar-refractivity contribution in [2.75, 3.05) is 6.54 Å². The first-order valence-corrected chi connectivity index (χ1v) is 10.1. The van der Waals surface area contributed by atoms with Gasteiger partial charge in [-0.3, -0.25) is 9.63 Å². The Morgan fingerprint density at radius 3 is 2.00 bits per heavy atom. The van der Waals surface area contributed by atoms with E-state index in [4.69, 9.17) is 9.57 Å². The number of ether oxygens (including phenoxy) is 1. The average Bonchev–Trinajstić information content (AvgIpc) is 2.69. The van der Waals surface area contributed by atoms with Crippen molar-refractivity contribution in [3.63, 3.8) is 0 Å². The van der Waals surface area contributed by atoms with Crippen molar-refractivity contribution in [1.82, 2.24) is 10.5 Å². The molecule has 5 nitrogen and oxygen atoms in total. The molecular weight excluding hydrogens is 454 g/mol. The Kier molecular flexibility index (Phi) is 8.23. The molecule has 0 radical (unpaired) electrons. The molecule has 0 aliphatic rings. The zero-order chi connectivity index (χ0) is 25.1. The van der Waals surface area contributed by atoms with E-state index in [1.165, 1.54) is 6.92 Å². The number of pyridine rings is 1. The minimum Gasteiger partial charge on any atom is -0.490 e. The third-order valence-corrected chi connectivity index (χ3v) is 5.41. The second kappa shape index (κ2) is 10.2. The number of hydrogen-bond acceptors (Lipinski definition) is 4. The zero-order valence-electron chi connectivity index (χ0n) is 18.8. The molecule has 0 aliphatic heterocycles. The number of alkyl halides is 6. The second-order valence-electron chi connectivity index (χ2n) is 7.99. The number of aromatic nitrogens is 1. The van der Waals surface area contributed by atoms with E-state index in [-0.39, 0.29) is 30.6 Å². The molecule has 0 saturated carbocycles. The van der Waals surface area contributed by atoms with Crippen LogP contribution in [0.5, 0.6) is 5.75 Å². The van der Waals surface area contributed by atoms with Gasteiger partial charge in [-0.2, -0.15) is 26.3 Å². The SMILES string of the molecule is Cc1[nH]c(C)c(CONCC(C)C(C)Oc2cc(C(F)(F)F)cc(C(F)(F)F)c2)c(=O)c1C. The van der Waals surface area contributed by atoms with Gasteiger partial charge in [0.25, 0.3) is 0 Å². The first-order chi connectivity index (χ1) is 15.1. The van der Waals surface area contributed by atoms with E-state index in [1.54, 1.807) is 27.7 Å². The molecule has 2 aromatic rings. The normalized spacial score (nSPS) is 14.3. The Balaban J connectivity index is 2.01. The predicted molar refractivity (Wildman–Crippen MR) is 110 cm³/mol. The van der Waals surface area contributed by atoms with Crippen LogP contribution in [0.2, 0.25) is 0 Å². The summed E-state index contributed by atoms with van der Waals surface area (Å²) in [5.41, 5.74) is 2.10. The highest BCUT2D eigenvalue weighted by molar-refractivity contribution is 5.37. The summed E-state index contributed by atoms with van der Waals surface area (Å²) in [6, 6.07) is 1.13. The standard InChI is InChI=1S/C22H26F6N2O3/c1-11(9-29-32-10-19-14(4)30-13(3)12(2)20(19)31)15(5)33-18-7-16(21(23,24)25)6-17(8-18)22(26,27)28/h6-8,11,15,29H,9-10H2,1-5H3,(H,30,31). The summed E-state index contributed by atoms with van der Waals surface area (Å²) >= 11 is 0. The van der Waals surface area contributed by atoms with E-state index in [2.05, 4.69) is 10.5 Å². The van der Waals surface area contributed by atoms with Crippen LogP contribution in [0.4, 0.5) is 26.3 Å². The van der Waals surface area contributed by atoms with E-state index in [0.717, 1.165) is 5.69 Å². The number of benzene rings is 1. The molecule has 1 aromatic heterocycles.